The van der Waals surface area contributed by atoms with Crippen molar-refractivity contribution in [1.82, 2.24) is 4.72 Å². The van der Waals surface area contributed by atoms with Crippen LogP contribution in [0.15, 0.2) is 23.1 Å². The summed E-state index contributed by atoms with van der Waals surface area (Å²) in [5.41, 5.74) is 7.61. The van der Waals surface area contributed by atoms with Crippen molar-refractivity contribution in [2.24, 2.45) is 5.73 Å². The maximum atomic E-state index is 10.8. The van der Waals surface area contributed by atoms with Gasteiger partial charge in [-0.05, 0) is 34.9 Å². The summed E-state index contributed by atoms with van der Waals surface area (Å²) < 4.78 is 2.61. The molecule has 0 fully saturated rings. The van der Waals surface area contributed by atoms with E-state index in [9.17, 15) is 4.79 Å². The third-order valence-corrected chi connectivity index (χ3v) is 3.55. The molecule has 0 aromatic heterocycles. The van der Waals surface area contributed by atoms with Crippen molar-refractivity contribution in [3.05, 3.63) is 29.3 Å². The van der Waals surface area contributed by atoms with Crippen LogP contribution < -0.4 is 10.5 Å². The second kappa shape index (κ2) is 5.96. The molecule has 3 nitrogen and oxygen atoms in total. The summed E-state index contributed by atoms with van der Waals surface area (Å²) in [7, 11) is 0. The van der Waals surface area contributed by atoms with Crippen molar-refractivity contribution in [2.75, 3.05) is 0 Å². The number of primary amides is 1. The highest BCUT2D eigenvalue weighted by molar-refractivity contribution is 7.98. The smallest absolute Gasteiger partial charge is 0.322 e. The van der Waals surface area contributed by atoms with Gasteiger partial charge in [-0.2, -0.15) is 0 Å². The minimum Gasteiger partial charge on any atom is -0.351 e. The molecule has 0 radical (unpaired) electrons. The number of rotatable bonds is 4. The van der Waals surface area contributed by atoms with Gasteiger partial charge in [-0.1, -0.05) is 45.9 Å². The monoisotopic (exact) mass is 252 g/mol. The van der Waals surface area contributed by atoms with Gasteiger partial charge in [0.25, 0.3) is 0 Å². The van der Waals surface area contributed by atoms with E-state index in [0.29, 0.717) is 11.8 Å². The molecule has 2 amide bonds. The van der Waals surface area contributed by atoms with Crippen LogP contribution in [0.3, 0.4) is 0 Å². The molecule has 4 heteroatoms. The van der Waals surface area contributed by atoms with E-state index < -0.39 is 6.03 Å². The van der Waals surface area contributed by atoms with Crippen LogP contribution in [-0.4, -0.2) is 6.03 Å². The van der Waals surface area contributed by atoms with Crippen LogP contribution in [0.2, 0.25) is 0 Å². The highest BCUT2D eigenvalue weighted by Crippen LogP contribution is 2.33. The predicted molar refractivity (Wildman–Crippen MR) is 73.2 cm³/mol. The largest absolute Gasteiger partial charge is 0.351 e. The van der Waals surface area contributed by atoms with Gasteiger partial charge in [0.15, 0.2) is 0 Å². The Bertz CT molecular complexity index is 376. The molecule has 0 heterocycles. The second-order valence-electron chi connectivity index (χ2n) is 4.64. The van der Waals surface area contributed by atoms with Gasteiger partial charge in [0, 0.05) is 4.90 Å². The van der Waals surface area contributed by atoms with Crippen molar-refractivity contribution < 1.29 is 4.79 Å². The van der Waals surface area contributed by atoms with Crippen LogP contribution in [0.1, 0.15) is 50.7 Å². The molecule has 0 bridgehead atoms. The standard InChI is InChI=1S/C13H20N2OS/c1-8(2)10-6-5-7-11(9(3)4)12(10)17-15-13(14)16/h5-9H,1-4H3,(H3,14,15,16). The number of nitrogens with one attached hydrogen (secondary N) is 1. The van der Waals surface area contributed by atoms with Crippen molar-refractivity contribution in [3.8, 4) is 0 Å². The number of benzene rings is 1. The number of carbonyl (C=O) groups excluding carboxylic acids is 1. The van der Waals surface area contributed by atoms with Crippen molar-refractivity contribution >= 4 is 18.0 Å². The predicted octanol–water partition coefficient (Wildman–Crippen LogP) is 3.61. The lowest BCUT2D eigenvalue weighted by atomic mass is 9.95. The van der Waals surface area contributed by atoms with Crippen LogP contribution in [0.5, 0.6) is 0 Å². The van der Waals surface area contributed by atoms with Crippen LogP contribution >= 0.6 is 11.9 Å². The summed E-state index contributed by atoms with van der Waals surface area (Å²) in [5.74, 6) is 0.844. The first-order valence-corrected chi connectivity index (χ1v) is 6.60. The Morgan fingerprint density at radius 1 is 1.18 bits per heavy atom. The summed E-state index contributed by atoms with van der Waals surface area (Å²) in [4.78, 5) is 11.9. The summed E-state index contributed by atoms with van der Waals surface area (Å²) in [5, 5.41) is 0. The Morgan fingerprint density at radius 3 is 2.00 bits per heavy atom. The second-order valence-corrected chi connectivity index (χ2v) is 5.46. The zero-order valence-electron chi connectivity index (χ0n) is 10.8. The van der Waals surface area contributed by atoms with Gasteiger partial charge in [-0.15, -0.1) is 0 Å². The normalized spacial score (nSPS) is 10.9. The maximum Gasteiger partial charge on any atom is 0.322 e. The fourth-order valence-electron chi connectivity index (χ4n) is 1.70. The molecule has 94 valence electrons. The third kappa shape index (κ3) is 3.66. The first-order chi connectivity index (χ1) is 7.93. The van der Waals surface area contributed by atoms with E-state index in [4.69, 9.17) is 5.73 Å². The minimum atomic E-state index is -0.511. The van der Waals surface area contributed by atoms with Crippen LogP contribution in [-0.2, 0) is 0 Å². The number of amides is 2. The molecule has 0 atom stereocenters. The van der Waals surface area contributed by atoms with Crippen LogP contribution in [0.4, 0.5) is 4.79 Å². The zero-order chi connectivity index (χ0) is 13.0. The van der Waals surface area contributed by atoms with Gasteiger partial charge in [-0.3, -0.25) is 4.72 Å². The first-order valence-electron chi connectivity index (χ1n) is 5.78. The molecule has 0 unspecified atom stereocenters. The molecule has 1 rings (SSSR count). The summed E-state index contributed by atoms with van der Waals surface area (Å²) in [6, 6.07) is 5.76. The third-order valence-electron chi connectivity index (χ3n) is 2.57. The van der Waals surface area contributed by atoms with Crippen LogP contribution in [0, 0.1) is 0 Å². The minimum absolute atomic E-state index is 0.422. The highest BCUT2D eigenvalue weighted by Gasteiger charge is 2.14. The molecule has 0 spiro atoms. The van der Waals surface area contributed by atoms with E-state index in [2.05, 4.69) is 50.6 Å². The summed E-state index contributed by atoms with van der Waals surface area (Å²) in [6.07, 6.45) is 0. The molecule has 0 aliphatic carbocycles. The van der Waals surface area contributed by atoms with E-state index in [-0.39, 0.29) is 0 Å². The van der Waals surface area contributed by atoms with E-state index in [1.54, 1.807) is 0 Å². The van der Waals surface area contributed by atoms with Crippen molar-refractivity contribution in [1.29, 1.82) is 0 Å². The lowest BCUT2D eigenvalue weighted by molar-refractivity contribution is 0.254. The first kappa shape index (κ1) is 13.9. The summed E-state index contributed by atoms with van der Waals surface area (Å²) in [6.45, 7) is 8.59. The lowest BCUT2D eigenvalue weighted by Crippen LogP contribution is -2.23. The Hall–Kier alpha value is -1.16. The molecule has 0 aliphatic rings. The molecule has 1 aromatic carbocycles. The Balaban J connectivity index is 3.14. The molecule has 17 heavy (non-hydrogen) atoms. The van der Waals surface area contributed by atoms with Crippen LogP contribution in [0.25, 0.3) is 0 Å². The Labute approximate surface area is 107 Å². The van der Waals surface area contributed by atoms with Gasteiger partial charge in [0.2, 0.25) is 0 Å². The van der Waals surface area contributed by atoms with Gasteiger partial charge in [0.1, 0.15) is 0 Å². The number of carbonyl (C=O) groups is 1. The fraction of sp³-hybridized carbons (Fsp3) is 0.462. The maximum absolute atomic E-state index is 10.8. The lowest BCUT2D eigenvalue weighted by Gasteiger charge is -2.18. The number of urea groups is 1. The molecule has 1 aromatic rings. The quantitative estimate of drug-likeness (QED) is 0.804. The Morgan fingerprint density at radius 2 is 1.65 bits per heavy atom. The molecule has 0 aliphatic heterocycles. The van der Waals surface area contributed by atoms with E-state index >= 15 is 0 Å². The van der Waals surface area contributed by atoms with E-state index in [1.165, 1.54) is 23.1 Å². The van der Waals surface area contributed by atoms with Gasteiger partial charge in [-0.25, -0.2) is 4.79 Å². The number of nitrogens with two attached hydrogens (primary N) is 1. The van der Waals surface area contributed by atoms with E-state index in [1.807, 2.05) is 0 Å². The van der Waals surface area contributed by atoms with Gasteiger partial charge >= 0.3 is 6.03 Å². The average molecular weight is 252 g/mol. The van der Waals surface area contributed by atoms with Crippen molar-refractivity contribution in [3.63, 3.8) is 0 Å². The number of hydrogen-bond donors (Lipinski definition) is 2. The molecule has 3 N–H and O–H groups in total. The molecular weight excluding hydrogens is 232 g/mol. The summed E-state index contributed by atoms with van der Waals surface area (Å²) >= 11 is 1.31. The van der Waals surface area contributed by atoms with Gasteiger partial charge < -0.3 is 5.73 Å². The molecular formula is C13H20N2OS. The topological polar surface area (TPSA) is 55.1 Å². The highest BCUT2D eigenvalue weighted by atomic mass is 32.2. The molecule has 0 saturated heterocycles. The van der Waals surface area contributed by atoms with Crippen molar-refractivity contribution in [2.45, 2.75) is 44.4 Å². The number of hydrogen-bond acceptors (Lipinski definition) is 2. The fourth-order valence-corrected chi connectivity index (χ4v) is 2.75. The van der Waals surface area contributed by atoms with Gasteiger partial charge in [0.05, 0.1) is 0 Å². The van der Waals surface area contributed by atoms with E-state index in [0.717, 1.165) is 4.90 Å². The average Bonchev–Trinajstić information content (AvgIpc) is 2.25. The SMILES string of the molecule is CC(C)c1cccc(C(C)C)c1SNC(N)=O. The molecule has 0 saturated carbocycles. The Kier molecular flexibility index (Phi) is 4.87. The zero-order valence-corrected chi connectivity index (χ0v) is 11.6.